The van der Waals surface area contributed by atoms with Crippen molar-refractivity contribution >= 4 is 35.0 Å². The fourth-order valence-corrected chi connectivity index (χ4v) is 3.61. The Morgan fingerprint density at radius 1 is 1.21 bits per heavy atom. The molecular formula is C23H23ClN6O3. The molecular weight excluding hydrogens is 444 g/mol. The van der Waals surface area contributed by atoms with Crippen LogP contribution < -0.4 is 15.8 Å². The summed E-state index contributed by atoms with van der Waals surface area (Å²) in [5.41, 5.74) is 8.04. The molecule has 33 heavy (non-hydrogen) atoms. The highest BCUT2D eigenvalue weighted by Gasteiger charge is 2.19. The largest absolute Gasteiger partial charge is 0.508 e. The van der Waals surface area contributed by atoms with Gasteiger partial charge in [0.15, 0.2) is 11.8 Å². The highest BCUT2D eigenvalue weighted by Crippen LogP contribution is 2.31. The third kappa shape index (κ3) is 5.89. The molecule has 0 bridgehead atoms. The van der Waals surface area contributed by atoms with Gasteiger partial charge in [0.05, 0.1) is 18.4 Å². The number of nitrogens with two attached hydrogens (primary N) is 1. The average molecular weight is 467 g/mol. The maximum Gasteiger partial charge on any atom is 0.222 e. The summed E-state index contributed by atoms with van der Waals surface area (Å²) in [6.45, 7) is 1.74. The van der Waals surface area contributed by atoms with Crippen LogP contribution >= 0.6 is 11.6 Å². The summed E-state index contributed by atoms with van der Waals surface area (Å²) in [4.78, 5) is 26.2. The minimum Gasteiger partial charge on any atom is -0.508 e. The first-order chi connectivity index (χ1) is 16.0. The lowest BCUT2D eigenvalue weighted by molar-refractivity contribution is -0.128. The second kappa shape index (κ2) is 10.2. The number of benzene rings is 1. The molecule has 1 amide bonds. The van der Waals surface area contributed by atoms with Gasteiger partial charge >= 0.3 is 0 Å². The maximum absolute atomic E-state index is 11.6. The Hall–Kier alpha value is -3.85. The predicted octanol–water partition coefficient (Wildman–Crippen LogP) is 3.56. The number of hydrogen-bond donors (Lipinski definition) is 3. The molecule has 3 aromatic rings. The summed E-state index contributed by atoms with van der Waals surface area (Å²) in [5.74, 6) is 1.31. The van der Waals surface area contributed by atoms with Crippen molar-refractivity contribution in [2.75, 3.05) is 25.0 Å². The highest BCUT2D eigenvalue weighted by molar-refractivity contribution is 6.33. The molecule has 1 fully saturated rings. The van der Waals surface area contributed by atoms with Crippen LogP contribution in [-0.2, 0) is 4.79 Å². The molecule has 0 atom stereocenters. The smallest absolute Gasteiger partial charge is 0.222 e. The van der Waals surface area contributed by atoms with Crippen molar-refractivity contribution < 1.29 is 14.6 Å². The number of aliphatic imine (C=N–C) groups is 1. The van der Waals surface area contributed by atoms with Gasteiger partial charge in [-0.3, -0.25) is 4.79 Å². The van der Waals surface area contributed by atoms with Crippen LogP contribution in [0.3, 0.4) is 0 Å². The van der Waals surface area contributed by atoms with Crippen LogP contribution in [0.4, 0.5) is 11.5 Å². The Kier molecular flexibility index (Phi) is 6.89. The molecule has 10 heteroatoms. The number of phenolic OH excluding ortho intramolecular Hbond substituents is 1. The molecule has 1 aromatic carbocycles. The number of aromatic hydroxyl groups is 1. The Labute approximate surface area is 195 Å². The number of nitrogens with one attached hydrogen (secondary N) is 1. The summed E-state index contributed by atoms with van der Waals surface area (Å²) in [6, 6.07) is 11.7. The number of amides is 1. The van der Waals surface area contributed by atoms with Gasteiger partial charge in [0.25, 0.3) is 0 Å². The molecule has 170 valence electrons. The molecule has 4 N–H and O–H groups in total. The predicted molar refractivity (Wildman–Crippen MR) is 127 cm³/mol. The van der Waals surface area contributed by atoms with E-state index in [4.69, 9.17) is 22.1 Å². The number of rotatable bonds is 7. The number of halogens is 1. The fourth-order valence-electron chi connectivity index (χ4n) is 3.39. The molecule has 9 nitrogen and oxygen atoms in total. The van der Waals surface area contributed by atoms with Crippen LogP contribution in [0, 0.1) is 0 Å². The molecule has 1 saturated heterocycles. The van der Waals surface area contributed by atoms with Crippen molar-refractivity contribution in [3.8, 4) is 22.8 Å². The standard InChI is InChI=1S/C23H23ClN6O3/c24-19-6-5-17(31)12-18(19)15-3-7-20(26-13-15)29-23(25)28-16-4-8-21(27-14-16)33-11-10-30-9-1-2-22(30)32/h3-8,12-14,31H,1-2,9-11H2,(H3,25,26,28,29). The van der Waals surface area contributed by atoms with Gasteiger partial charge in [0, 0.05) is 41.4 Å². The number of hydrogen-bond acceptors (Lipinski definition) is 6. The van der Waals surface area contributed by atoms with Crippen molar-refractivity contribution in [2.45, 2.75) is 12.8 Å². The Balaban J connectivity index is 1.32. The van der Waals surface area contributed by atoms with Crippen molar-refractivity contribution in [1.82, 2.24) is 14.9 Å². The Bertz CT molecular complexity index is 1150. The van der Waals surface area contributed by atoms with Gasteiger partial charge in [-0.1, -0.05) is 11.6 Å². The number of anilines is 1. The molecule has 2 aromatic heterocycles. The first-order valence-electron chi connectivity index (χ1n) is 10.4. The first-order valence-corrected chi connectivity index (χ1v) is 10.8. The lowest BCUT2D eigenvalue weighted by Crippen LogP contribution is -2.29. The van der Waals surface area contributed by atoms with Crippen molar-refractivity contribution in [3.05, 3.63) is 59.9 Å². The van der Waals surface area contributed by atoms with E-state index in [1.54, 1.807) is 53.7 Å². The van der Waals surface area contributed by atoms with Crippen molar-refractivity contribution in [3.63, 3.8) is 0 Å². The van der Waals surface area contributed by atoms with Gasteiger partial charge in [-0.2, -0.15) is 4.99 Å². The zero-order valence-electron chi connectivity index (χ0n) is 17.7. The zero-order chi connectivity index (χ0) is 23.2. The molecule has 3 heterocycles. The third-order valence-corrected chi connectivity index (χ3v) is 5.36. The number of ether oxygens (including phenoxy) is 1. The van der Waals surface area contributed by atoms with E-state index in [0.717, 1.165) is 18.5 Å². The minimum absolute atomic E-state index is 0.122. The van der Waals surface area contributed by atoms with E-state index in [9.17, 15) is 9.90 Å². The van der Waals surface area contributed by atoms with Crippen LogP contribution in [0.1, 0.15) is 12.8 Å². The number of phenols is 1. The van der Waals surface area contributed by atoms with Gasteiger partial charge in [0.2, 0.25) is 11.8 Å². The van der Waals surface area contributed by atoms with Gasteiger partial charge < -0.3 is 25.8 Å². The van der Waals surface area contributed by atoms with Crippen molar-refractivity contribution in [2.24, 2.45) is 10.7 Å². The SMILES string of the molecule is NC(=Nc1ccc(-c2cc(O)ccc2Cl)cn1)Nc1ccc(OCCN2CCCC2=O)nc1. The number of guanidine groups is 1. The molecule has 0 unspecified atom stereocenters. The van der Waals surface area contributed by atoms with E-state index >= 15 is 0 Å². The van der Waals surface area contributed by atoms with Crippen molar-refractivity contribution in [1.29, 1.82) is 0 Å². The number of aromatic nitrogens is 2. The van der Waals surface area contributed by atoms with Crippen LogP contribution in [0.5, 0.6) is 11.6 Å². The van der Waals surface area contributed by atoms with Gasteiger partial charge in [-0.25, -0.2) is 9.97 Å². The van der Waals surface area contributed by atoms with E-state index in [1.165, 1.54) is 6.07 Å². The number of carbonyl (C=O) groups is 1. The number of likely N-dealkylation sites (tertiary alicyclic amines) is 1. The Morgan fingerprint density at radius 3 is 2.79 bits per heavy atom. The normalized spacial score (nSPS) is 13.9. The zero-order valence-corrected chi connectivity index (χ0v) is 18.5. The first kappa shape index (κ1) is 22.3. The summed E-state index contributed by atoms with van der Waals surface area (Å²) in [6.07, 6.45) is 4.72. The fraction of sp³-hybridized carbons (Fsp3) is 0.217. The molecule has 0 spiro atoms. The van der Waals surface area contributed by atoms with E-state index in [1.807, 2.05) is 0 Å². The van der Waals surface area contributed by atoms with Gasteiger partial charge in [0.1, 0.15) is 12.4 Å². The second-order valence-electron chi connectivity index (χ2n) is 7.41. The lowest BCUT2D eigenvalue weighted by atomic mass is 10.1. The quantitative estimate of drug-likeness (QED) is 0.359. The average Bonchev–Trinajstić information content (AvgIpc) is 3.22. The highest BCUT2D eigenvalue weighted by atomic mass is 35.5. The lowest BCUT2D eigenvalue weighted by Gasteiger charge is -2.15. The topological polar surface area (TPSA) is 126 Å². The summed E-state index contributed by atoms with van der Waals surface area (Å²) in [5, 5.41) is 13.1. The van der Waals surface area contributed by atoms with E-state index in [0.29, 0.717) is 47.5 Å². The molecule has 0 saturated carbocycles. The summed E-state index contributed by atoms with van der Waals surface area (Å²) in [7, 11) is 0. The van der Waals surface area contributed by atoms with Crippen LogP contribution in [0.2, 0.25) is 5.02 Å². The summed E-state index contributed by atoms with van der Waals surface area (Å²) < 4.78 is 5.61. The van der Waals surface area contributed by atoms with E-state index in [2.05, 4.69) is 20.3 Å². The Morgan fingerprint density at radius 2 is 2.09 bits per heavy atom. The minimum atomic E-state index is 0.122. The van der Waals surface area contributed by atoms with Crippen LogP contribution in [-0.4, -0.2) is 51.5 Å². The van der Waals surface area contributed by atoms with Gasteiger partial charge in [-0.05, 0) is 42.8 Å². The van der Waals surface area contributed by atoms with E-state index < -0.39 is 0 Å². The van der Waals surface area contributed by atoms with E-state index in [-0.39, 0.29) is 17.6 Å². The maximum atomic E-state index is 11.6. The second-order valence-corrected chi connectivity index (χ2v) is 7.82. The van der Waals surface area contributed by atoms with Gasteiger partial charge in [-0.15, -0.1) is 0 Å². The molecule has 1 aliphatic heterocycles. The monoisotopic (exact) mass is 466 g/mol. The molecule has 0 aliphatic carbocycles. The number of nitrogens with zero attached hydrogens (tertiary/aromatic N) is 4. The van der Waals surface area contributed by atoms with Crippen LogP contribution in [0.15, 0.2) is 59.9 Å². The molecule has 4 rings (SSSR count). The molecule has 0 radical (unpaired) electrons. The number of pyridine rings is 2. The number of carbonyl (C=O) groups excluding carboxylic acids is 1. The molecule has 1 aliphatic rings. The summed E-state index contributed by atoms with van der Waals surface area (Å²) >= 11 is 6.19. The third-order valence-electron chi connectivity index (χ3n) is 5.04. The van der Waals surface area contributed by atoms with Crippen LogP contribution in [0.25, 0.3) is 11.1 Å².